The lowest BCUT2D eigenvalue weighted by Gasteiger charge is -2.22. The highest BCUT2D eigenvalue weighted by molar-refractivity contribution is 5.80. The summed E-state index contributed by atoms with van der Waals surface area (Å²) in [4.78, 5) is 23.5. The molecule has 3 atom stereocenters. The number of rotatable bonds is 12. The van der Waals surface area contributed by atoms with Crippen LogP contribution in [0.3, 0.4) is 0 Å². The van der Waals surface area contributed by atoms with Gasteiger partial charge in [0.1, 0.15) is 6.10 Å². The second-order valence-corrected chi connectivity index (χ2v) is 5.84. The van der Waals surface area contributed by atoms with Gasteiger partial charge in [0.2, 0.25) is 0 Å². The fraction of sp³-hybridized carbons (Fsp3) is 0.882. The van der Waals surface area contributed by atoms with E-state index in [1.807, 2.05) is 13.8 Å². The van der Waals surface area contributed by atoms with E-state index in [0.717, 1.165) is 44.9 Å². The maximum absolute atomic E-state index is 12.2. The number of aliphatic carboxylic acids is 1. The molecule has 21 heavy (non-hydrogen) atoms. The highest BCUT2D eigenvalue weighted by atomic mass is 16.5. The van der Waals surface area contributed by atoms with E-state index in [9.17, 15) is 14.7 Å². The Morgan fingerprint density at radius 2 is 1.62 bits per heavy atom. The number of carboxylic acid groups (broad SMARTS) is 1. The molecule has 4 nitrogen and oxygen atoms in total. The molecule has 0 amide bonds. The number of unbranched alkanes of at least 4 members (excludes halogenated alkanes) is 3. The van der Waals surface area contributed by atoms with Gasteiger partial charge in [0.15, 0.2) is 0 Å². The number of ether oxygens (including phenoxy) is 1. The average molecular weight is 300 g/mol. The minimum atomic E-state index is -0.896. The summed E-state index contributed by atoms with van der Waals surface area (Å²) in [5, 5.41) is 9.28. The maximum Gasteiger partial charge on any atom is 0.309 e. The van der Waals surface area contributed by atoms with Crippen LogP contribution in [0.2, 0.25) is 0 Å². The molecule has 0 spiro atoms. The standard InChI is InChI=1S/C17H32O4/c1-5-8-10-11-14(7-3)21-17(20)13(4)15(16(18)19)12-9-6-2/h13-15H,5-12H2,1-4H3,(H,18,19). The van der Waals surface area contributed by atoms with E-state index >= 15 is 0 Å². The Morgan fingerprint density at radius 1 is 1.00 bits per heavy atom. The molecule has 0 bridgehead atoms. The molecule has 0 aromatic heterocycles. The van der Waals surface area contributed by atoms with Gasteiger partial charge in [0.25, 0.3) is 0 Å². The third-order valence-electron chi connectivity index (χ3n) is 4.03. The van der Waals surface area contributed by atoms with Crippen LogP contribution in [0.25, 0.3) is 0 Å². The second-order valence-electron chi connectivity index (χ2n) is 5.84. The van der Waals surface area contributed by atoms with Gasteiger partial charge in [-0.05, 0) is 25.7 Å². The van der Waals surface area contributed by atoms with Crippen molar-refractivity contribution in [3.05, 3.63) is 0 Å². The van der Waals surface area contributed by atoms with Crippen LogP contribution < -0.4 is 0 Å². The molecule has 0 aliphatic rings. The molecular weight excluding hydrogens is 268 g/mol. The molecule has 124 valence electrons. The number of hydrogen-bond acceptors (Lipinski definition) is 3. The quantitative estimate of drug-likeness (QED) is 0.428. The lowest BCUT2D eigenvalue weighted by molar-refractivity contribution is -0.161. The second kappa shape index (κ2) is 11.6. The molecule has 1 N–H and O–H groups in total. The van der Waals surface area contributed by atoms with Gasteiger partial charge in [0.05, 0.1) is 11.8 Å². The normalized spacial score (nSPS) is 15.2. The lowest BCUT2D eigenvalue weighted by atomic mass is 9.89. The van der Waals surface area contributed by atoms with Crippen LogP contribution in [-0.2, 0) is 14.3 Å². The Labute approximate surface area is 129 Å². The molecular formula is C17H32O4. The molecule has 4 heteroatoms. The zero-order valence-electron chi connectivity index (χ0n) is 14.1. The smallest absolute Gasteiger partial charge is 0.309 e. The van der Waals surface area contributed by atoms with Crippen LogP contribution in [0, 0.1) is 11.8 Å². The van der Waals surface area contributed by atoms with Crippen LogP contribution >= 0.6 is 0 Å². The summed E-state index contributed by atoms with van der Waals surface area (Å²) in [5.74, 6) is -2.46. The zero-order valence-corrected chi connectivity index (χ0v) is 14.1. The molecule has 0 aromatic carbocycles. The first-order valence-electron chi connectivity index (χ1n) is 8.41. The summed E-state index contributed by atoms with van der Waals surface area (Å²) < 4.78 is 5.52. The van der Waals surface area contributed by atoms with Crippen molar-refractivity contribution in [2.45, 2.75) is 85.2 Å². The van der Waals surface area contributed by atoms with Gasteiger partial charge in [-0.2, -0.15) is 0 Å². The third-order valence-corrected chi connectivity index (χ3v) is 4.03. The van der Waals surface area contributed by atoms with Crippen molar-refractivity contribution < 1.29 is 19.4 Å². The Bertz CT molecular complexity index is 301. The molecule has 0 rings (SSSR count). The van der Waals surface area contributed by atoms with E-state index < -0.39 is 17.8 Å². The summed E-state index contributed by atoms with van der Waals surface area (Å²) in [7, 11) is 0. The van der Waals surface area contributed by atoms with Crippen LogP contribution in [0.4, 0.5) is 0 Å². The van der Waals surface area contributed by atoms with Gasteiger partial charge in [-0.15, -0.1) is 0 Å². The van der Waals surface area contributed by atoms with Gasteiger partial charge in [-0.1, -0.05) is 53.4 Å². The minimum Gasteiger partial charge on any atom is -0.481 e. The Hall–Kier alpha value is -1.06. The van der Waals surface area contributed by atoms with Crippen molar-refractivity contribution in [2.75, 3.05) is 0 Å². The molecule has 3 unspecified atom stereocenters. The zero-order chi connectivity index (χ0) is 16.3. The molecule has 0 aliphatic heterocycles. The van der Waals surface area contributed by atoms with Gasteiger partial charge < -0.3 is 9.84 Å². The maximum atomic E-state index is 12.2. The van der Waals surface area contributed by atoms with Gasteiger partial charge in [0, 0.05) is 0 Å². The van der Waals surface area contributed by atoms with Crippen molar-refractivity contribution >= 4 is 11.9 Å². The topological polar surface area (TPSA) is 63.6 Å². The predicted molar refractivity (Wildman–Crippen MR) is 84.1 cm³/mol. The van der Waals surface area contributed by atoms with Crippen molar-refractivity contribution in [2.24, 2.45) is 11.8 Å². The highest BCUT2D eigenvalue weighted by Crippen LogP contribution is 2.22. The minimum absolute atomic E-state index is 0.0767. The first-order chi connectivity index (χ1) is 9.97. The molecule has 0 heterocycles. The van der Waals surface area contributed by atoms with E-state index in [4.69, 9.17) is 4.74 Å². The molecule has 0 fully saturated rings. The Balaban J connectivity index is 4.46. The van der Waals surface area contributed by atoms with Crippen LogP contribution in [0.5, 0.6) is 0 Å². The monoisotopic (exact) mass is 300 g/mol. The van der Waals surface area contributed by atoms with Gasteiger partial charge in [-0.3, -0.25) is 9.59 Å². The molecule has 0 radical (unpaired) electrons. The van der Waals surface area contributed by atoms with Gasteiger partial charge in [-0.25, -0.2) is 0 Å². The number of carboxylic acids is 1. The van der Waals surface area contributed by atoms with Crippen molar-refractivity contribution in [1.29, 1.82) is 0 Å². The third kappa shape index (κ3) is 8.08. The first kappa shape index (κ1) is 19.9. The lowest BCUT2D eigenvalue weighted by Crippen LogP contribution is -2.31. The van der Waals surface area contributed by atoms with Crippen LogP contribution in [0.1, 0.15) is 79.1 Å². The van der Waals surface area contributed by atoms with Crippen LogP contribution in [-0.4, -0.2) is 23.1 Å². The van der Waals surface area contributed by atoms with Crippen molar-refractivity contribution in [3.8, 4) is 0 Å². The fourth-order valence-electron chi connectivity index (χ4n) is 2.42. The summed E-state index contributed by atoms with van der Waals surface area (Å²) in [5.41, 5.74) is 0. The SMILES string of the molecule is CCCCCC(CC)OC(=O)C(C)C(CCCC)C(=O)O. The number of carbonyl (C=O) groups is 2. The summed E-state index contributed by atoms with van der Waals surface area (Å²) in [6.07, 6.45) is 7.19. The van der Waals surface area contributed by atoms with E-state index in [1.54, 1.807) is 6.92 Å². The van der Waals surface area contributed by atoms with E-state index in [1.165, 1.54) is 0 Å². The summed E-state index contributed by atoms with van der Waals surface area (Å²) in [6.45, 7) is 7.83. The molecule has 0 saturated carbocycles. The van der Waals surface area contributed by atoms with Crippen molar-refractivity contribution in [3.63, 3.8) is 0 Å². The fourth-order valence-corrected chi connectivity index (χ4v) is 2.42. The average Bonchev–Trinajstić information content (AvgIpc) is 2.45. The molecule has 0 aliphatic carbocycles. The first-order valence-corrected chi connectivity index (χ1v) is 8.41. The summed E-state index contributed by atoms with van der Waals surface area (Å²) in [6, 6.07) is 0. The van der Waals surface area contributed by atoms with E-state index in [2.05, 4.69) is 6.92 Å². The predicted octanol–water partition coefficient (Wildman–Crippen LogP) is 4.42. The van der Waals surface area contributed by atoms with E-state index in [-0.39, 0.29) is 12.1 Å². The number of esters is 1. The van der Waals surface area contributed by atoms with Gasteiger partial charge >= 0.3 is 11.9 Å². The Kier molecular flexibility index (Phi) is 11.0. The number of hydrogen-bond donors (Lipinski definition) is 1. The van der Waals surface area contributed by atoms with Crippen molar-refractivity contribution in [1.82, 2.24) is 0 Å². The van der Waals surface area contributed by atoms with Crippen LogP contribution in [0.15, 0.2) is 0 Å². The molecule has 0 saturated heterocycles. The largest absolute Gasteiger partial charge is 0.481 e. The number of carbonyl (C=O) groups excluding carboxylic acids is 1. The molecule has 0 aromatic rings. The van der Waals surface area contributed by atoms with E-state index in [0.29, 0.717) is 6.42 Å². The summed E-state index contributed by atoms with van der Waals surface area (Å²) >= 11 is 0. The highest BCUT2D eigenvalue weighted by Gasteiger charge is 2.31. The Morgan fingerprint density at radius 3 is 2.10 bits per heavy atom.